The van der Waals surface area contributed by atoms with Crippen LogP contribution in [0.2, 0.25) is 0 Å². The lowest BCUT2D eigenvalue weighted by Gasteiger charge is -2.11. The molecule has 0 radical (unpaired) electrons. The van der Waals surface area contributed by atoms with E-state index < -0.39 is 22.3 Å². The molecule has 0 atom stereocenters. The van der Waals surface area contributed by atoms with Gasteiger partial charge < -0.3 is 15.2 Å². The van der Waals surface area contributed by atoms with Crippen molar-refractivity contribution in [2.75, 3.05) is 10.0 Å². The zero-order valence-corrected chi connectivity index (χ0v) is 19.5. The Hall–Kier alpha value is -4.17. The Morgan fingerprint density at radius 3 is 2.50 bits per heavy atom. The Morgan fingerprint density at radius 1 is 1.08 bits per heavy atom. The fourth-order valence-electron chi connectivity index (χ4n) is 2.93. The molecular formula is C22H15F3N4O5S2. The van der Waals surface area contributed by atoms with Crippen LogP contribution in [0.15, 0.2) is 77.3 Å². The number of carbonyl (C=O) groups is 1. The molecule has 4 aromatic rings. The third-order valence-electron chi connectivity index (χ3n) is 4.53. The number of benzene rings is 2. The number of phenols is 1. The van der Waals surface area contributed by atoms with Gasteiger partial charge in [-0.2, -0.15) is 0 Å². The number of hydrogen-bond acceptors (Lipinski definition) is 8. The number of alkyl halides is 3. The molecule has 186 valence electrons. The minimum absolute atomic E-state index is 0.0474. The third-order valence-corrected chi connectivity index (χ3v) is 6.72. The quantitative estimate of drug-likeness (QED) is 0.227. The summed E-state index contributed by atoms with van der Waals surface area (Å²) >= 11 is 0.998. The van der Waals surface area contributed by atoms with Crippen LogP contribution in [0.1, 0.15) is 9.80 Å². The molecule has 0 saturated heterocycles. The van der Waals surface area contributed by atoms with Gasteiger partial charge in [0.05, 0.1) is 11.4 Å². The molecule has 3 N–H and O–H groups in total. The first-order valence-electron chi connectivity index (χ1n) is 9.89. The largest absolute Gasteiger partial charge is 0.573 e. The minimum Gasteiger partial charge on any atom is -0.506 e. The van der Waals surface area contributed by atoms with E-state index in [0.717, 1.165) is 29.7 Å². The molecule has 2 heterocycles. The summed E-state index contributed by atoms with van der Waals surface area (Å²) in [5.74, 6) is -1.37. The maximum Gasteiger partial charge on any atom is 0.573 e. The fourth-order valence-corrected chi connectivity index (χ4v) is 4.68. The predicted octanol–water partition coefficient (Wildman–Crippen LogP) is 4.86. The molecule has 0 aliphatic rings. The maximum atomic E-state index is 12.7. The Morgan fingerprint density at radius 2 is 1.83 bits per heavy atom. The number of carbonyl (C=O) groups excluding carboxylic acids is 1. The molecule has 36 heavy (non-hydrogen) atoms. The lowest BCUT2D eigenvalue weighted by molar-refractivity contribution is -0.274. The van der Waals surface area contributed by atoms with Gasteiger partial charge in [-0.3, -0.25) is 14.5 Å². The van der Waals surface area contributed by atoms with Crippen molar-refractivity contribution in [1.29, 1.82) is 0 Å². The number of anilines is 2. The van der Waals surface area contributed by atoms with E-state index in [1.807, 2.05) is 0 Å². The molecule has 0 bridgehead atoms. The van der Waals surface area contributed by atoms with Gasteiger partial charge in [-0.25, -0.2) is 13.4 Å². The first-order valence-corrected chi connectivity index (χ1v) is 12.3. The molecule has 4 rings (SSSR count). The van der Waals surface area contributed by atoms with Crippen LogP contribution in [0, 0.1) is 0 Å². The number of nitrogens with one attached hydrogen (secondary N) is 2. The first kappa shape index (κ1) is 24.9. The number of thiazole rings is 1. The first-order chi connectivity index (χ1) is 17.0. The molecule has 14 heteroatoms. The summed E-state index contributed by atoms with van der Waals surface area (Å²) in [6.45, 7) is 0. The number of ether oxygens (including phenoxy) is 1. The highest BCUT2D eigenvalue weighted by Gasteiger charge is 2.31. The standard InChI is InChI=1S/C22H15F3N4O5S2/c23-22(24,25)34-15-6-3-13(4-7-15)18-12-35-21(28-18)20(31)27-14-5-8-19(30)17(10-14)29-36(32,33)16-2-1-9-26-11-16/h1-12,29-30H,(H,27,31). The zero-order valence-electron chi connectivity index (χ0n) is 17.9. The Labute approximate surface area is 206 Å². The topological polar surface area (TPSA) is 131 Å². The van der Waals surface area contributed by atoms with E-state index >= 15 is 0 Å². The van der Waals surface area contributed by atoms with E-state index in [1.165, 1.54) is 48.7 Å². The normalized spacial score (nSPS) is 11.6. The van der Waals surface area contributed by atoms with Gasteiger partial charge in [0, 0.05) is 29.0 Å². The Balaban J connectivity index is 1.47. The van der Waals surface area contributed by atoms with Crippen LogP contribution in [0.5, 0.6) is 11.5 Å². The summed E-state index contributed by atoms with van der Waals surface area (Å²) < 4.78 is 68.0. The molecule has 0 saturated carbocycles. The van der Waals surface area contributed by atoms with Crippen molar-refractivity contribution >= 4 is 38.6 Å². The average molecular weight is 537 g/mol. The number of aromatic nitrogens is 2. The molecule has 0 aliphatic carbocycles. The van der Waals surface area contributed by atoms with E-state index in [0.29, 0.717) is 11.3 Å². The highest BCUT2D eigenvalue weighted by Crippen LogP contribution is 2.30. The van der Waals surface area contributed by atoms with E-state index in [-0.39, 0.29) is 32.8 Å². The number of halogens is 3. The molecule has 0 aliphatic heterocycles. The second kappa shape index (κ2) is 9.83. The average Bonchev–Trinajstić information content (AvgIpc) is 3.32. The van der Waals surface area contributed by atoms with Crippen LogP contribution in [0.25, 0.3) is 11.3 Å². The summed E-state index contributed by atoms with van der Waals surface area (Å²) in [5, 5.41) is 14.2. The lowest BCUT2D eigenvalue weighted by Crippen LogP contribution is -2.16. The van der Waals surface area contributed by atoms with Crippen LogP contribution in [-0.4, -0.2) is 35.8 Å². The van der Waals surface area contributed by atoms with Crippen LogP contribution in [0.3, 0.4) is 0 Å². The molecule has 1 amide bonds. The molecular weight excluding hydrogens is 521 g/mol. The number of phenolic OH excluding ortho intramolecular Hbond substituents is 1. The van der Waals surface area contributed by atoms with Crippen LogP contribution < -0.4 is 14.8 Å². The van der Waals surface area contributed by atoms with Gasteiger partial charge in [0.15, 0.2) is 5.01 Å². The summed E-state index contributed by atoms with van der Waals surface area (Å²) in [4.78, 5) is 20.5. The van der Waals surface area contributed by atoms with Crippen molar-refractivity contribution in [2.45, 2.75) is 11.3 Å². The summed E-state index contributed by atoms with van der Waals surface area (Å²) in [7, 11) is -4.04. The minimum atomic E-state index is -4.81. The molecule has 2 aromatic heterocycles. The third kappa shape index (κ3) is 6.09. The number of sulfonamides is 1. The second-order valence-electron chi connectivity index (χ2n) is 7.09. The number of pyridine rings is 1. The van der Waals surface area contributed by atoms with Gasteiger partial charge >= 0.3 is 6.36 Å². The molecule has 9 nitrogen and oxygen atoms in total. The smallest absolute Gasteiger partial charge is 0.506 e. The molecule has 2 aromatic carbocycles. The number of hydrogen-bond donors (Lipinski definition) is 3. The van der Waals surface area contributed by atoms with Gasteiger partial charge in [0.2, 0.25) is 0 Å². The Kier molecular flexibility index (Phi) is 6.81. The van der Waals surface area contributed by atoms with Crippen molar-refractivity contribution in [3.63, 3.8) is 0 Å². The van der Waals surface area contributed by atoms with Crippen molar-refractivity contribution in [1.82, 2.24) is 9.97 Å². The second-order valence-corrected chi connectivity index (χ2v) is 9.63. The molecule has 0 spiro atoms. The Bertz CT molecular complexity index is 1490. The SMILES string of the molecule is O=C(Nc1ccc(O)c(NS(=O)(=O)c2cccnc2)c1)c1nc(-c2ccc(OC(F)(F)F)cc2)cs1. The summed E-state index contributed by atoms with van der Waals surface area (Å²) in [6.07, 6.45) is -2.25. The van der Waals surface area contributed by atoms with E-state index in [4.69, 9.17) is 0 Å². The number of aromatic hydroxyl groups is 1. The van der Waals surface area contributed by atoms with Crippen LogP contribution in [-0.2, 0) is 10.0 Å². The van der Waals surface area contributed by atoms with Gasteiger partial charge in [0.1, 0.15) is 16.4 Å². The van der Waals surface area contributed by atoms with E-state index in [9.17, 15) is 31.5 Å². The lowest BCUT2D eigenvalue weighted by atomic mass is 10.2. The van der Waals surface area contributed by atoms with E-state index in [1.54, 1.807) is 5.38 Å². The highest BCUT2D eigenvalue weighted by molar-refractivity contribution is 7.92. The summed E-state index contributed by atoms with van der Waals surface area (Å²) in [6, 6.07) is 11.6. The van der Waals surface area contributed by atoms with Gasteiger partial charge in [0.25, 0.3) is 15.9 Å². The number of nitrogens with zero attached hydrogens (tertiary/aromatic N) is 2. The van der Waals surface area contributed by atoms with Crippen molar-refractivity contribution in [3.8, 4) is 22.8 Å². The van der Waals surface area contributed by atoms with Gasteiger partial charge in [-0.05, 0) is 54.6 Å². The number of rotatable bonds is 7. The monoisotopic (exact) mass is 536 g/mol. The molecule has 0 fully saturated rings. The van der Waals surface area contributed by atoms with E-state index in [2.05, 4.69) is 24.7 Å². The summed E-state index contributed by atoms with van der Waals surface area (Å²) in [5.41, 5.74) is 0.834. The van der Waals surface area contributed by atoms with Crippen LogP contribution >= 0.6 is 11.3 Å². The fraction of sp³-hybridized carbons (Fsp3) is 0.0455. The zero-order chi connectivity index (χ0) is 25.9. The maximum absolute atomic E-state index is 12.7. The molecule has 0 unspecified atom stereocenters. The van der Waals surface area contributed by atoms with Crippen molar-refractivity contribution in [2.24, 2.45) is 0 Å². The van der Waals surface area contributed by atoms with Crippen molar-refractivity contribution in [3.05, 3.63) is 77.4 Å². The van der Waals surface area contributed by atoms with Gasteiger partial charge in [-0.1, -0.05) is 0 Å². The number of amides is 1. The van der Waals surface area contributed by atoms with Gasteiger partial charge in [-0.15, -0.1) is 24.5 Å². The van der Waals surface area contributed by atoms with Crippen molar-refractivity contribution < 1.29 is 36.2 Å². The highest BCUT2D eigenvalue weighted by atomic mass is 32.2. The van der Waals surface area contributed by atoms with Crippen LogP contribution in [0.4, 0.5) is 24.5 Å². The predicted molar refractivity (Wildman–Crippen MR) is 125 cm³/mol.